The van der Waals surface area contributed by atoms with Crippen LogP contribution in [0.4, 0.5) is 0 Å². The van der Waals surface area contributed by atoms with Crippen LogP contribution in [0.3, 0.4) is 0 Å². The minimum Gasteiger partial charge on any atom is -0.508 e. The lowest BCUT2D eigenvalue weighted by atomic mass is 10.0. The first-order valence-corrected chi connectivity index (χ1v) is 9.52. The Hall–Kier alpha value is -3.60. The van der Waals surface area contributed by atoms with Crippen LogP contribution < -0.4 is 10.6 Å². The summed E-state index contributed by atoms with van der Waals surface area (Å²) in [6, 6.07) is 24.0. The Labute approximate surface area is 170 Å². The molecule has 0 bridgehead atoms. The third-order valence-electron chi connectivity index (χ3n) is 4.55. The molecule has 29 heavy (non-hydrogen) atoms. The zero-order valence-electron chi connectivity index (χ0n) is 16.3. The summed E-state index contributed by atoms with van der Waals surface area (Å²) in [4.78, 5) is 24.4. The first kappa shape index (κ1) is 20.1. The highest BCUT2D eigenvalue weighted by molar-refractivity contribution is 5.96. The van der Waals surface area contributed by atoms with Crippen LogP contribution in [0.5, 0.6) is 5.75 Å². The van der Waals surface area contributed by atoms with Gasteiger partial charge in [0.25, 0.3) is 5.91 Å². The molecule has 148 valence electrons. The lowest BCUT2D eigenvalue weighted by molar-refractivity contribution is -0.120. The number of carbonyl (C=O) groups is 2. The molecule has 0 aliphatic heterocycles. The summed E-state index contributed by atoms with van der Waals surface area (Å²) in [5, 5.41) is 14.8. The molecule has 3 aromatic carbocycles. The third-order valence-corrected chi connectivity index (χ3v) is 4.55. The largest absolute Gasteiger partial charge is 0.508 e. The molecule has 0 aliphatic rings. The fourth-order valence-corrected chi connectivity index (χ4v) is 3.07. The van der Waals surface area contributed by atoms with Crippen LogP contribution in [-0.2, 0) is 11.2 Å². The van der Waals surface area contributed by atoms with Crippen molar-refractivity contribution in [3.8, 4) is 16.9 Å². The number of rotatable bonds is 7. The summed E-state index contributed by atoms with van der Waals surface area (Å²) in [6.07, 6.45) is 0.640. The maximum absolute atomic E-state index is 12.3. The van der Waals surface area contributed by atoms with Crippen LogP contribution in [0.1, 0.15) is 22.8 Å². The standard InChI is InChI=1S/C24H24N2O3/c1-17(15-18-7-13-22(27)14-8-18)26-23(28)16-25-24(29)21-11-9-20(10-12-21)19-5-3-2-4-6-19/h2-14,17,27H,15-16H2,1H3,(H,25,29)(H,26,28)/t17-/m1/s1. The number of hydrogen-bond donors (Lipinski definition) is 3. The van der Waals surface area contributed by atoms with Gasteiger partial charge in [0, 0.05) is 11.6 Å². The summed E-state index contributed by atoms with van der Waals surface area (Å²) < 4.78 is 0. The van der Waals surface area contributed by atoms with E-state index in [4.69, 9.17) is 0 Å². The fourth-order valence-electron chi connectivity index (χ4n) is 3.07. The van der Waals surface area contributed by atoms with E-state index in [2.05, 4.69) is 10.6 Å². The second-order valence-electron chi connectivity index (χ2n) is 6.97. The number of phenols is 1. The van der Waals surface area contributed by atoms with E-state index < -0.39 is 0 Å². The number of benzene rings is 3. The van der Waals surface area contributed by atoms with E-state index in [0.29, 0.717) is 12.0 Å². The summed E-state index contributed by atoms with van der Waals surface area (Å²) >= 11 is 0. The molecule has 2 amide bonds. The lowest BCUT2D eigenvalue weighted by Gasteiger charge is -2.14. The molecule has 0 spiro atoms. The van der Waals surface area contributed by atoms with E-state index in [1.165, 1.54) is 0 Å². The van der Waals surface area contributed by atoms with Gasteiger partial charge in [-0.3, -0.25) is 9.59 Å². The Morgan fingerprint density at radius 1 is 0.862 bits per heavy atom. The molecule has 0 heterocycles. The molecule has 0 radical (unpaired) electrons. The first-order chi connectivity index (χ1) is 14.0. The van der Waals surface area contributed by atoms with Crippen molar-refractivity contribution in [1.82, 2.24) is 10.6 Å². The van der Waals surface area contributed by atoms with E-state index in [1.807, 2.05) is 61.5 Å². The van der Waals surface area contributed by atoms with Crippen molar-refractivity contribution < 1.29 is 14.7 Å². The van der Waals surface area contributed by atoms with Crippen molar-refractivity contribution in [1.29, 1.82) is 0 Å². The lowest BCUT2D eigenvalue weighted by Crippen LogP contribution is -2.41. The fraction of sp³-hybridized carbons (Fsp3) is 0.167. The molecule has 0 unspecified atom stereocenters. The Bertz CT molecular complexity index is 952. The molecule has 0 saturated heterocycles. The van der Waals surface area contributed by atoms with E-state index in [0.717, 1.165) is 16.7 Å². The van der Waals surface area contributed by atoms with Crippen molar-refractivity contribution in [3.63, 3.8) is 0 Å². The quantitative estimate of drug-likeness (QED) is 0.579. The summed E-state index contributed by atoms with van der Waals surface area (Å²) in [5.41, 5.74) is 3.64. The maximum atomic E-state index is 12.3. The molecule has 0 aliphatic carbocycles. The minimum absolute atomic E-state index is 0.0841. The highest BCUT2D eigenvalue weighted by Gasteiger charge is 2.11. The zero-order chi connectivity index (χ0) is 20.6. The normalized spacial score (nSPS) is 11.5. The smallest absolute Gasteiger partial charge is 0.251 e. The van der Waals surface area contributed by atoms with Crippen molar-refractivity contribution in [2.24, 2.45) is 0 Å². The first-order valence-electron chi connectivity index (χ1n) is 9.52. The number of amides is 2. The van der Waals surface area contributed by atoms with Gasteiger partial charge in [-0.1, -0.05) is 54.6 Å². The molecule has 3 aromatic rings. The van der Waals surface area contributed by atoms with Crippen LogP contribution in [0.25, 0.3) is 11.1 Å². The molecule has 0 fully saturated rings. The Kier molecular flexibility index (Phi) is 6.63. The van der Waals surface area contributed by atoms with Gasteiger partial charge in [0.2, 0.25) is 5.91 Å². The number of hydrogen-bond acceptors (Lipinski definition) is 3. The molecule has 3 rings (SSSR count). The average molecular weight is 388 g/mol. The molecular formula is C24H24N2O3. The average Bonchev–Trinajstić information content (AvgIpc) is 2.74. The molecular weight excluding hydrogens is 364 g/mol. The SMILES string of the molecule is C[C@H](Cc1ccc(O)cc1)NC(=O)CNC(=O)c1ccc(-c2ccccc2)cc1. The second-order valence-corrected chi connectivity index (χ2v) is 6.97. The van der Waals surface area contributed by atoms with E-state index in [-0.39, 0.29) is 30.2 Å². The van der Waals surface area contributed by atoms with Gasteiger partial charge in [-0.05, 0) is 54.3 Å². The predicted octanol–water partition coefficient (Wildman–Crippen LogP) is 3.54. The highest BCUT2D eigenvalue weighted by Crippen LogP contribution is 2.19. The second kappa shape index (κ2) is 9.55. The minimum atomic E-state index is -0.286. The van der Waals surface area contributed by atoms with Crippen molar-refractivity contribution >= 4 is 11.8 Å². The van der Waals surface area contributed by atoms with Gasteiger partial charge in [0.05, 0.1) is 6.54 Å². The number of phenolic OH excluding ortho intramolecular Hbond substituents is 1. The number of aromatic hydroxyl groups is 1. The van der Waals surface area contributed by atoms with E-state index in [1.54, 1.807) is 24.3 Å². The topological polar surface area (TPSA) is 78.4 Å². The molecule has 3 N–H and O–H groups in total. The number of nitrogens with one attached hydrogen (secondary N) is 2. The van der Waals surface area contributed by atoms with E-state index >= 15 is 0 Å². The summed E-state index contributed by atoms with van der Waals surface area (Å²) in [6.45, 7) is 1.81. The molecule has 0 aromatic heterocycles. The van der Waals surface area contributed by atoms with Gasteiger partial charge >= 0.3 is 0 Å². The van der Waals surface area contributed by atoms with Crippen LogP contribution in [0.2, 0.25) is 0 Å². The maximum Gasteiger partial charge on any atom is 0.251 e. The highest BCUT2D eigenvalue weighted by atomic mass is 16.3. The number of carbonyl (C=O) groups excluding carboxylic acids is 2. The van der Waals surface area contributed by atoms with Gasteiger partial charge in [-0.2, -0.15) is 0 Å². The Morgan fingerprint density at radius 3 is 2.14 bits per heavy atom. The van der Waals surface area contributed by atoms with Gasteiger partial charge in [0.1, 0.15) is 5.75 Å². The summed E-state index contributed by atoms with van der Waals surface area (Å²) in [5.74, 6) is -0.318. The monoisotopic (exact) mass is 388 g/mol. The molecule has 5 nitrogen and oxygen atoms in total. The van der Waals surface area contributed by atoms with Crippen molar-refractivity contribution in [2.45, 2.75) is 19.4 Å². The molecule has 0 saturated carbocycles. The van der Waals surface area contributed by atoms with Gasteiger partial charge in [-0.15, -0.1) is 0 Å². The van der Waals surface area contributed by atoms with Crippen molar-refractivity contribution in [2.75, 3.05) is 6.54 Å². The summed E-state index contributed by atoms with van der Waals surface area (Å²) in [7, 11) is 0. The van der Waals surface area contributed by atoms with Crippen molar-refractivity contribution in [3.05, 3.63) is 90.0 Å². The van der Waals surface area contributed by atoms with Gasteiger partial charge in [0.15, 0.2) is 0 Å². The zero-order valence-corrected chi connectivity index (χ0v) is 16.3. The Morgan fingerprint density at radius 2 is 1.48 bits per heavy atom. The van der Waals surface area contributed by atoms with Gasteiger partial charge in [-0.25, -0.2) is 0 Å². The molecule has 5 heteroatoms. The molecule has 1 atom stereocenters. The Balaban J connectivity index is 1.47. The predicted molar refractivity (Wildman–Crippen MR) is 114 cm³/mol. The third kappa shape index (κ3) is 5.94. The van der Waals surface area contributed by atoms with Crippen LogP contribution in [0, 0.1) is 0 Å². The van der Waals surface area contributed by atoms with E-state index in [9.17, 15) is 14.7 Å². The van der Waals surface area contributed by atoms with Crippen LogP contribution in [0.15, 0.2) is 78.9 Å². The van der Waals surface area contributed by atoms with Gasteiger partial charge < -0.3 is 15.7 Å². The van der Waals surface area contributed by atoms with Crippen LogP contribution in [-0.4, -0.2) is 29.5 Å². The van der Waals surface area contributed by atoms with Crippen LogP contribution >= 0.6 is 0 Å².